The van der Waals surface area contributed by atoms with E-state index in [-0.39, 0.29) is 18.4 Å². The van der Waals surface area contributed by atoms with E-state index in [9.17, 15) is 19.5 Å². The first-order valence-electron chi connectivity index (χ1n) is 11.4. The minimum absolute atomic E-state index is 0.0908. The van der Waals surface area contributed by atoms with Gasteiger partial charge in [-0.15, -0.1) is 0 Å². The molecule has 2 aromatic carbocycles. The average molecular weight is 453 g/mol. The summed E-state index contributed by atoms with van der Waals surface area (Å²) >= 11 is 0. The van der Waals surface area contributed by atoms with E-state index in [1.54, 1.807) is 27.7 Å². The van der Waals surface area contributed by atoms with Gasteiger partial charge in [-0.05, 0) is 41.0 Å². The van der Waals surface area contributed by atoms with Crippen LogP contribution in [0.2, 0.25) is 0 Å². The minimum atomic E-state index is -1.26. The number of carboxylic acids is 1. The summed E-state index contributed by atoms with van der Waals surface area (Å²) in [6.07, 6.45) is -0.111. The van der Waals surface area contributed by atoms with E-state index in [4.69, 9.17) is 4.74 Å². The molecule has 3 rings (SSSR count). The second kappa shape index (κ2) is 10.1. The van der Waals surface area contributed by atoms with E-state index in [0.29, 0.717) is 12.8 Å². The lowest BCUT2D eigenvalue weighted by Crippen LogP contribution is -2.61. The van der Waals surface area contributed by atoms with Crippen molar-refractivity contribution in [3.8, 4) is 11.1 Å². The van der Waals surface area contributed by atoms with Gasteiger partial charge in [0.1, 0.15) is 18.2 Å². The lowest BCUT2D eigenvalue weighted by molar-refractivity contribution is -0.144. The summed E-state index contributed by atoms with van der Waals surface area (Å²) in [6.45, 7) is 7.12. The van der Waals surface area contributed by atoms with Crippen molar-refractivity contribution in [2.75, 3.05) is 6.61 Å². The van der Waals surface area contributed by atoms with Crippen LogP contribution in [0.1, 0.15) is 57.6 Å². The lowest BCUT2D eigenvalue weighted by atomic mass is 9.90. The molecule has 0 aliphatic heterocycles. The summed E-state index contributed by atoms with van der Waals surface area (Å²) in [5.41, 5.74) is 3.20. The Morgan fingerprint density at radius 2 is 1.48 bits per heavy atom. The second-order valence-corrected chi connectivity index (χ2v) is 8.77. The Morgan fingerprint density at radius 1 is 0.970 bits per heavy atom. The van der Waals surface area contributed by atoms with Crippen LogP contribution in [0.5, 0.6) is 0 Å². The monoisotopic (exact) mass is 452 g/mol. The molecule has 2 aromatic rings. The fourth-order valence-electron chi connectivity index (χ4n) is 4.43. The molecule has 0 fully saturated rings. The van der Waals surface area contributed by atoms with E-state index in [2.05, 4.69) is 22.8 Å². The van der Waals surface area contributed by atoms with Crippen molar-refractivity contribution < 1.29 is 24.2 Å². The molecule has 7 heteroatoms. The number of nitrogens with one attached hydrogen (secondary N) is 2. The predicted molar refractivity (Wildman–Crippen MR) is 126 cm³/mol. The van der Waals surface area contributed by atoms with Crippen LogP contribution < -0.4 is 10.6 Å². The first-order valence-corrected chi connectivity index (χ1v) is 11.4. The number of benzene rings is 2. The Morgan fingerprint density at radius 3 is 1.94 bits per heavy atom. The number of amides is 2. The average Bonchev–Trinajstić information content (AvgIpc) is 3.13. The van der Waals surface area contributed by atoms with Crippen LogP contribution in [-0.2, 0) is 14.3 Å². The minimum Gasteiger partial charge on any atom is -0.480 e. The summed E-state index contributed by atoms with van der Waals surface area (Å²) in [7, 11) is 0. The third-order valence-electron chi connectivity index (χ3n) is 6.55. The molecule has 1 atom stereocenters. The number of carboxylic acid groups (broad SMARTS) is 1. The van der Waals surface area contributed by atoms with Crippen LogP contribution in [0.3, 0.4) is 0 Å². The zero-order valence-corrected chi connectivity index (χ0v) is 19.6. The quantitative estimate of drug-likeness (QED) is 0.526. The van der Waals surface area contributed by atoms with Crippen LogP contribution in [0.25, 0.3) is 11.1 Å². The van der Waals surface area contributed by atoms with Crippen LogP contribution >= 0.6 is 0 Å². The summed E-state index contributed by atoms with van der Waals surface area (Å²) in [4.78, 5) is 37.3. The highest BCUT2D eigenvalue weighted by molar-refractivity contribution is 5.92. The smallest absolute Gasteiger partial charge is 0.408 e. The van der Waals surface area contributed by atoms with Crippen molar-refractivity contribution in [2.24, 2.45) is 5.92 Å². The van der Waals surface area contributed by atoms with Gasteiger partial charge in [-0.25, -0.2) is 9.59 Å². The van der Waals surface area contributed by atoms with E-state index in [1.807, 2.05) is 36.4 Å². The molecule has 0 heterocycles. The predicted octanol–water partition coefficient (Wildman–Crippen LogP) is 4.31. The first kappa shape index (κ1) is 24.3. The van der Waals surface area contributed by atoms with Crippen LogP contribution in [0, 0.1) is 5.92 Å². The Balaban J connectivity index is 1.72. The van der Waals surface area contributed by atoms with E-state index >= 15 is 0 Å². The third-order valence-corrected chi connectivity index (χ3v) is 6.55. The molecule has 0 radical (unpaired) electrons. The van der Waals surface area contributed by atoms with Crippen molar-refractivity contribution in [3.05, 3.63) is 59.7 Å². The number of alkyl carbamates (subject to hydrolysis) is 1. The molecule has 0 aromatic heterocycles. The molecule has 176 valence electrons. The van der Waals surface area contributed by atoms with Crippen molar-refractivity contribution in [1.29, 1.82) is 0 Å². The third kappa shape index (κ3) is 4.87. The van der Waals surface area contributed by atoms with E-state index in [0.717, 1.165) is 22.3 Å². The van der Waals surface area contributed by atoms with Gasteiger partial charge in [0.05, 0.1) is 0 Å². The molecular weight excluding hydrogens is 420 g/mol. The lowest BCUT2D eigenvalue weighted by Gasteiger charge is -2.33. The van der Waals surface area contributed by atoms with Crippen LogP contribution in [-0.4, -0.2) is 41.3 Å². The fourth-order valence-corrected chi connectivity index (χ4v) is 4.43. The number of ether oxygens (including phenoxy) is 1. The first-order chi connectivity index (χ1) is 15.7. The largest absolute Gasteiger partial charge is 0.480 e. The summed E-state index contributed by atoms with van der Waals surface area (Å²) in [5, 5.41) is 14.7. The number of hydrogen-bond donors (Lipinski definition) is 3. The highest BCUT2D eigenvalue weighted by Crippen LogP contribution is 2.44. The Kier molecular flexibility index (Phi) is 7.41. The van der Waals surface area contributed by atoms with Gasteiger partial charge in [0, 0.05) is 5.92 Å². The van der Waals surface area contributed by atoms with Crippen molar-refractivity contribution in [3.63, 3.8) is 0 Å². The van der Waals surface area contributed by atoms with Crippen LogP contribution in [0.4, 0.5) is 4.79 Å². The zero-order valence-electron chi connectivity index (χ0n) is 19.6. The highest BCUT2D eigenvalue weighted by Gasteiger charge is 2.40. The molecule has 0 bridgehead atoms. The maximum atomic E-state index is 13.0. The normalized spacial score (nSPS) is 13.7. The highest BCUT2D eigenvalue weighted by atomic mass is 16.5. The van der Waals surface area contributed by atoms with Gasteiger partial charge in [0.15, 0.2) is 0 Å². The number of hydrogen-bond acceptors (Lipinski definition) is 4. The molecule has 3 N–H and O–H groups in total. The number of carbonyl (C=O) groups excluding carboxylic acids is 2. The fraction of sp³-hybridized carbons (Fsp3) is 0.423. The molecule has 0 saturated carbocycles. The number of rotatable bonds is 9. The molecule has 0 unspecified atom stereocenters. The maximum Gasteiger partial charge on any atom is 0.408 e. The van der Waals surface area contributed by atoms with Crippen molar-refractivity contribution in [1.82, 2.24) is 10.6 Å². The Hall–Kier alpha value is -3.35. The van der Waals surface area contributed by atoms with Gasteiger partial charge in [0.2, 0.25) is 5.91 Å². The van der Waals surface area contributed by atoms with Gasteiger partial charge in [-0.3, -0.25) is 4.79 Å². The van der Waals surface area contributed by atoms with E-state index in [1.165, 1.54) is 0 Å². The molecule has 1 aliphatic carbocycles. The zero-order chi connectivity index (χ0) is 24.2. The SMILES string of the molecule is CCC(CC)(NC(=O)OCC1c2ccccc2-c2ccccc21)C(=O)N[C@H](C(=O)O)C(C)C. The molecule has 2 amide bonds. The van der Waals surface area contributed by atoms with Gasteiger partial charge in [0.25, 0.3) is 0 Å². The maximum absolute atomic E-state index is 13.0. The molecule has 7 nitrogen and oxygen atoms in total. The van der Waals surface area contributed by atoms with Crippen molar-refractivity contribution >= 4 is 18.0 Å². The second-order valence-electron chi connectivity index (χ2n) is 8.77. The molecule has 0 spiro atoms. The van der Waals surface area contributed by atoms with Crippen LogP contribution in [0.15, 0.2) is 48.5 Å². The van der Waals surface area contributed by atoms with Gasteiger partial charge in [-0.1, -0.05) is 76.2 Å². The Bertz CT molecular complexity index is 983. The summed E-state index contributed by atoms with van der Waals surface area (Å²) in [5.74, 6) is -2.03. The molecule has 33 heavy (non-hydrogen) atoms. The summed E-state index contributed by atoms with van der Waals surface area (Å²) in [6, 6.07) is 15.1. The van der Waals surface area contributed by atoms with Gasteiger partial charge >= 0.3 is 12.1 Å². The number of fused-ring (bicyclic) bond motifs is 3. The topological polar surface area (TPSA) is 105 Å². The standard InChI is InChI=1S/C26H32N2O5/c1-5-26(6-2,24(31)27-22(16(3)4)23(29)30)28-25(32)33-15-21-19-13-9-7-11-17(19)18-12-8-10-14-20(18)21/h7-14,16,21-22H,5-6,15H2,1-4H3,(H,27,31)(H,28,32)(H,29,30)/t22-/m0/s1. The van der Waals surface area contributed by atoms with Crippen molar-refractivity contribution in [2.45, 2.75) is 58.0 Å². The molecule has 0 saturated heterocycles. The molecular formula is C26H32N2O5. The van der Waals surface area contributed by atoms with Gasteiger partial charge < -0.3 is 20.5 Å². The number of aliphatic carboxylic acids is 1. The Labute approximate surface area is 194 Å². The van der Waals surface area contributed by atoms with Gasteiger partial charge in [-0.2, -0.15) is 0 Å². The number of carbonyl (C=O) groups is 3. The van der Waals surface area contributed by atoms with E-state index < -0.39 is 29.6 Å². The summed E-state index contributed by atoms with van der Waals surface area (Å²) < 4.78 is 5.60. The molecule has 1 aliphatic rings.